The van der Waals surface area contributed by atoms with Gasteiger partial charge in [-0.3, -0.25) is 14.4 Å². The highest BCUT2D eigenvalue weighted by atomic mass is 127. The van der Waals surface area contributed by atoms with Crippen LogP contribution in [-0.2, 0) is 19.1 Å². The summed E-state index contributed by atoms with van der Waals surface area (Å²) in [5, 5.41) is 8.46. The zero-order valence-corrected chi connectivity index (χ0v) is 10.5. The van der Waals surface area contributed by atoms with Crippen molar-refractivity contribution >= 4 is 38.1 Å². The molecule has 0 saturated carbocycles. The van der Waals surface area contributed by atoms with Crippen molar-refractivity contribution < 1.29 is 19.1 Å². The molecule has 5 nitrogen and oxygen atoms in total. The molecule has 0 rings (SSSR count). The van der Waals surface area contributed by atoms with Crippen LogP contribution in [0.25, 0.3) is 0 Å². The third-order valence-electron chi connectivity index (χ3n) is 1.91. The first-order valence-electron chi connectivity index (χ1n) is 4.14. The van der Waals surface area contributed by atoms with Crippen LogP contribution in [0.15, 0.2) is 0 Å². The molecule has 0 aliphatic heterocycles. The summed E-state index contributed by atoms with van der Waals surface area (Å²) < 4.78 is 3.70. The van der Waals surface area contributed by atoms with Crippen LogP contribution < -0.4 is 0 Å². The van der Waals surface area contributed by atoms with E-state index in [0.29, 0.717) is 0 Å². The number of nitriles is 1. The van der Waals surface area contributed by atoms with Crippen molar-refractivity contribution in [2.45, 2.75) is 13.3 Å². The molecule has 82 valence electrons. The standard InChI is InChI=1S/C9H10INO4/c1-5(3-4-11)6(9(14)15-2)7(12)8(10)13/h5-6H,3H2,1-2H3/t5-,6?/m1/s1. The van der Waals surface area contributed by atoms with Gasteiger partial charge in [-0.2, -0.15) is 5.26 Å². The molecule has 0 fully saturated rings. The second-order valence-corrected chi connectivity index (χ2v) is 3.96. The lowest BCUT2D eigenvalue weighted by Gasteiger charge is -2.16. The number of carbonyl (C=O) groups is 3. The fraction of sp³-hybridized carbons (Fsp3) is 0.556. The highest BCUT2D eigenvalue weighted by molar-refractivity contribution is 14.1. The Hall–Kier alpha value is -0.970. The number of ether oxygens (including phenoxy) is 1. The second kappa shape index (κ2) is 6.50. The average Bonchev–Trinajstić information content (AvgIpc) is 2.17. The van der Waals surface area contributed by atoms with E-state index in [1.165, 1.54) is 22.6 Å². The van der Waals surface area contributed by atoms with Crippen LogP contribution in [0.1, 0.15) is 13.3 Å². The first kappa shape index (κ1) is 14.0. The van der Waals surface area contributed by atoms with Crippen molar-refractivity contribution in [3.8, 4) is 6.07 Å². The molecule has 15 heavy (non-hydrogen) atoms. The SMILES string of the molecule is COC(=O)C(C(=O)C(=O)I)[C@H](C)CC#N. The monoisotopic (exact) mass is 323 g/mol. The number of halogens is 1. The van der Waals surface area contributed by atoms with Crippen LogP contribution in [0.5, 0.6) is 0 Å². The van der Waals surface area contributed by atoms with E-state index in [9.17, 15) is 14.4 Å². The summed E-state index contributed by atoms with van der Waals surface area (Å²) in [6.45, 7) is 1.56. The molecule has 0 heterocycles. The lowest BCUT2D eigenvalue weighted by Crippen LogP contribution is -2.33. The van der Waals surface area contributed by atoms with Gasteiger partial charge in [0.25, 0.3) is 3.79 Å². The van der Waals surface area contributed by atoms with Crippen molar-refractivity contribution in [1.82, 2.24) is 0 Å². The zero-order valence-electron chi connectivity index (χ0n) is 8.32. The Morgan fingerprint density at radius 1 is 1.47 bits per heavy atom. The summed E-state index contributed by atoms with van der Waals surface area (Å²) in [4.78, 5) is 33.5. The molecular weight excluding hydrogens is 313 g/mol. The van der Waals surface area contributed by atoms with Crippen LogP contribution in [0.2, 0.25) is 0 Å². The second-order valence-electron chi connectivity index (χ2n) is 2.98. The molecular formula is C9H10INO4. The molecule has 0 aromatic carbocycles. The topological polar surface area (TPSA) is 84.2 Å². The summed E-state index contributed by atoms with van der Waals surface area (Å²) in [6, 6.07) is 1.85. The Balaban J connectivity index is 4.90. The quantitative estimate of drug-likeness (QED) is 0.246. The molecule has 1 unspecified atom stereocenters. The maximum absolute atomic E-state index is 11.4. The van der Waals surface area contributed by atoms with Crippen molar-refractivity contribution in [1.29, 1.82) is 5.26 Å². The Bertz CT molecular complexity index is 321. The van der Waals surface area contributed by atoms with E-state index in [0.717, 1.165) is 7.11 Å². The van der Waals surface area contributed by atoms with Gasteiger partial charge in [0.2, 0.25) is 5.78 Å². The summed E-state index contributed by atoms with van der Waals surface area (Å²) >= 11 is 1.32. The molecule has 0 bridgehead atoms. The molecule has 0 amide bonds. The van der Waals surface area contributed by atoms with Crippen molar-refractivity contribution in [3.05, 3.63) is 0 Å². The van der Waals surface area contributed by atoms with Gasteiger partial charge in [0.1, 0.15) is 5.92 Å². The maximum atomic E-state index is 11.4. The number of esters is 1. The smallest absolute Gasteiger partial charge is 0.317 e. The van der Waals surface area contributed by atoms with E-state index in [4.69, 9.17) is 5.26 Å². The Morgan fingerprint density at radius 2 is 2.00 bits per heavy atom. The molecule has 0 spiro atoms. The number of rotatable bonds is 5. The molecule has 0 aliphatic rings. The average molecular weight is 323 g/mol. The number of nitrogens with zero attached hydrogens (tertiary/aromatic N) is 1. The fourth-order valence-corrected chi connectivity index (χ4v) is 1.44. The minimum Gasteiger partial charge on any atom is -0.468 e. The minimum atomic E-state index is -1.17. The molecule has 0 aromatic rings. The number of Topliss-reactive ketones (excluding diaryl/α,β-unsaturated/α-hetero) is 1. The molecule has 0 radical (unpaired) electrons. The van der Waals surface area contributed by atoms with Crippen molar-refractivity contribution in [2.75, 3.05) is 7.11 Å². The number of hydrogen-bond donors (Lipinski definition) is 0. The summed E-state index contributed by atoms with van der Waals surface area (Å²) in [5.41, 5.74) is 0. The highest BCUT2D eigenvalue weighted by Gasteiger charge is 2.35. The van der Waals surface area contributed by atoms with Gasteiger partial charge in [-0.1, -0.05) is 6.92 Å². The van der Waals surface area contributed by atoms with E-state index in [1.54, 1.807) is 6.92 Å². The third kappa shape index (κ3) is 3.95. The van der Waals surface area contributed by atoms with Gasteiger partial charge in [0, 0.05) is 29.0 Å². The summed E-state index contributed by atoms with van der Waals surface area (Å²) in [5.74, 6) is -3.27. The number of ketones is 1. The normalized spacial score (nSPS) is 13.5. The van der Waals surface area contributed by atoms with Crippen LogP contribution in [0.4, 0.5) is 0 Å². The van der Waals surface area contributed by atoms with Gasteiger partial charge >= 0.3 is 5.97 Å². The Morgan fingerprint density at radius 3 is 2.33 bits per heavy atom. The lowest BCUT2D eigenvalue weighted by molar-refractivity contribution is -0.153. The van der Waals surface area contributed by atoms with Gasteiger partial charge in [-0.15, -0.1) is 0 Å². The van der Waals surface area contributed by atoms with Crippen LogP contribution in [-0.4, -0.2) is 22.7 Å². The Labute approximate surface area is 101 Å². The lowest BCUT2D eigenvalue weighted by atomic mass is 9.88. The first-order chi connectivity index (χ1) is 6.95. The van der Waals surface area contributed by atoms with E-state index in [1.807, 2.05) is 6.07 Å². The number of methoxy groups -OCH3 is 1. The van der Waals surface area contributed by atoms with Gasteiger partial charge in [-0.05, 0) is 5.92 Å². The van der Waals surface area contributed by atoms with Gasteiger partial charge in [0.15, 0.2) is 0 Å². The van der Waals surface area contributed by atoms with Crippen molar-refractivity contribution in [2.24, 2.45) is 11.8 Å². The highest BCUT2D eigenvalue weighted by Crippen LogP contribution is 2.19. The van der Waals surface area contributed by atoms with E-state index >= 15 is 0 Å². The number of carbonyl (C=O) groups excluding carboxylic acids is 3. The van der Waals surface area contributed by atoms with Crippen LogP contribution >= 0.6 is 22.6 Å². The van der Waals surface area contributed by atoms with Crippen LogP contribution in [0, 0.1) is 23.2 Å². The van der Waals surface area contributed by atoms with E-state index in [-0.39, 0.29) is 6.42 Å². The largest absolute Gasteiger partial charge is 0.468 e. The molecule has 6 heteroatoms. The zero-order chi connectivity index (χ0) is 12.0. The van der Waals surface area contributed by atoms with Gasteiger partial charge in [-0.25, -0.2) is 0 Å². The molecule has 0 saturated heterocycles. The maximum Gasteiger partial charge on any atom is 0.317 e. The minimum absolute atomic E-state index is 0.0232. The predicted molar refractivity (Wildman–Crippen MR) is 58.9 cm³/mol. The third-order valence-corrected chi connectivity index (χ3v) is 2.45. The predicted octanol–water partition coefficient (Wildman–Crippen LogP) is 0.856. The van der Waals surface area contributed by atoms with Crippen molar-refractivity contribution in [3.63, 3.8) is 0 Å². The molecule has 0 aliphatic carbocycles. The van der Waals surface area contributed by atoms with E-state index < -0.39 is 27.4 Å². The van der Waals surface area contributed by atoms with E-state index in [2.05, 4.69) is 4.74 Å². The van der Waals surface area contributed by atoms with Gasteiger partial charge < -0.3 is 4.74 Å². The van der Waals surface area contributed by atoms with Gasteiger partial charge in [0.05, 0.1) is 13.2 Å². The summed E-state index contributed by atoms with van der Waals surface area (Å²) in [7, 11) is 1.14. The molecule has 0 N–H and O–H groups in total. The molecule has 0 aromatic heterocycles. The summed E-state index contributed by atoms with van der Waals surface area (Å²) in [6.07, 6.45) is 0.0232. The molecule has 2 atom stereocenters. The van der Waals surface area contributed by atoms with Crippen LogP contribution in [0.3, 0.4) is 0 Å². The number of hydrogen-bond acceptors (Lipinski definition) is 5. The first-order valence-corrected chi connectivity index (χ1v) is 5.22. The fourth-order valence-electron chi connectivity index (χ4n) is 1.11. The Kier molecular flexibility index (Phi) is 6.08.